The van der Waals surface area contributed by atoms with Gasteiger partial charge in [-0.25, -0.2) is 4.79 Å². The highest BCUT2D eigenvalue weighted by molar-refractivity contribution is 6.31. The van der Waals surface area contributed by atoms with Crippen molar-refractivity contribution in [1.82, 2.24) is 0 Å². The van der Waals surface area contributed by atoms with Gasteiger partial charge in [0.2, 0.25) is 0 Å². The van der Waals surface area contributed by atoms with Crippen LogP contribution in [0.15, 0.2) is 103 Å². The van der Waals surface area contributed by atoms with Crippen molar-refractivity contribution in [3.05, 3.63) is 125 Å². The molecule has 0 aliphatic rings. The Morgan fingerprint density at radius 1 is 0.727 bits per heavy atom. The molecule has 0 aliphatic carbocycles. The Labute approximate surface area is 197 Å². The fraction of sp³-hybridized carbons (Fsp3) is 0.0714. The van der Waals surface area contributed by atoms with Crippen molar-refractivity contribution in [3.63, 3.8) is 0 Å². The fourth-order valence-electron chi connectivity index (χ4n) is 3.29. The van der Waals surface area contributed by atoms with Gasteiger partial charge in [-0.3, -0.25) is 4.79 Å². The van der Waals surface area contributed by atoms with Crippen molar-refractivity contribution in [2.24, 2.45) is 0 Å². The Morgan fingerprint density at radius 2 is 1.36 bits per heavy atom. The van der Waals surface area contributed by atoms with Crippen molar-refractivity contribution in [3.8, 4) is 16.9 Å². The third-order valence-corrected chi connectivity index (χ3v) is 5.28. The summed E-state index contributed by atoms with van der Waals surface area (Å²) in [4.78, 5) is 25.2. The molecule has 0 bridgehead atoms. The number of esters is 1. The van der Waals surface area contributed by atoms with Crippen molar-refractivity contribution >= 4 is 23.4 Å². The van der Waals surface area contributed by atoms with E-state index in [1.165, 1.54) is 6.07 Å². The predicted molar refractivity (Wildman–Crippen MR) is 129 cm³/mol. The Kier molecular flexibility index (Phi) is 7.18. The molecule has 0 unspecified atom stereocenters. The van der Waals surface area contributed by atoms with Crippen LogP contribution in [0.25, 0.3) is 11.1 Å². The molecular weight excluding hydrogens is 436 g/mol. The second kappa shape index (κ2) is 10.6. The number of benzene rings is 4. The smallest absolute Gasteiger partial charge is 0.342 e. The van der Waals surface area contributed by atoms with Gasteiger partial charge in [0.05, 0.1) is 0 Å². The number of ether oxygens (including phenoxy) is 2. The van der Waals surface area contributed by atoms with E-state index in [0.29, 0.717) is 16.3 Å². The quantitative estimate of drug-likeness (QED) is 0.220. The van der Waals surface area contributed by atoms with E-state index in [2.05, 4.69) is 0 Å². The number of Topliss-reactive ketones (excluding diaryl/α,β-unsaturated/α-hetero) is 1. The first-order valence-corrected chi connectivity index (χ1v) is 10.8. The van der Waals surface area contributed by atoms with E-state index < -0.39 is 5.97 Å². The summed E-state index contributed by atoms with van der Waals surface area (Å²) in [6.07, 6.45) is 0. The summed E-state index contributed by atoms with van der Waals surface area (Å²) >= 11 is 6.07. The minimum absolute atomic E-state index is 0.172. The van der Waals surface area contributed by atoms with Crippen molar-refractivity contribution in [1.29, 1.82) is 0 Å². The molecular formula is C28H21ClO4. The fourth-order valence-corrected chi connectivity index (χ4v) is 3.47. The molecule has 4 nitrogen and oxygen atoms in total. The third-order valence-electron chi connectivity index (χ3n) is 5.05. The molecule has 4 rings (SSSR count). The lowest BCUT2D eigenvalue weighted by molar-refractivity contribution is 0.0470. The molecule has 0 saturated carbocycles. The molecule has 0 amide bonds. The van der Waals surface area contributed by atoms with E-state index in [1.54, 1.807) is 24.3 Å². The van der Waals surface area contributed by atoms with Gasteiger partial charge in [-0.2, -0.15) is 0 Å². The van der Waals surface area contributed by atoms with E-state index in [9.17, 15) is 9.59 Å². The van der Waals surface area contributed by atoms with Crippen molar-refractivity contribution < 1.29 is 19.1 Å². The van der Waals surface area contributed by atoms with Gasteiger partial charge in [-0.15, -0.1) is 0 Å². The highest BCUT2D eigenvalue weighted by Gasteiger charge is 2.17. The lowest BCUT2D eigenvalue weighted by Gasteiger charge is -2.12. The van der Waals surface area contributed by atoms with E-state index >= 15 is 0 Å². The van der Waals surface area contributed by atoms with E-state index in [0.717, 1.165) is 16.7 Å². The summed E-state index contributed by atoms with van der Waals surface area (Å²) in [5, 5.41) is 0.372. The number of hydrogen-bond acceptors (Lipinski definition) is 4. The molecule has 4 aromatic carbocycles. The van der Waals surface area contributed by atoms with Crippen LogP contribution in [0, 0.1) is 0 Å². The monoisotopic (exact) mass is 456 g/mol. The molecule has 0 atom stereocenters. The van der Waals surface area contributed by atoms with Crippen LogP contribution in [0.2, 0.25) is 5.02 Å². The minimum Gasteiger partial charge on any atom is -0.488 e. The van der Waals surface area contributed by atoms with Gasteiger partial charge in [0.25, 0.3) is 0 Å². The van der Waals surface area contributed by atoms with Gasteiger partial charge in [-0.1, -0.05) is 96.5 Å². The number of rotatable bonds is 8. The molecule has 33 heavy (non-hydrogen) atoms. The molecule has 164 valence electrons. The standard InChI is InChI=1S/C28H21ClO4/c29-24-15-16-27(32-18-20-7-3-1-4-8-20)25(17-24)28(31)33-19-26(30)23-13-11-22(12-14-23)21-9-5-2-6-10-21/h1-17H,18-19H2. The Hall–Kier alpha value is -3.89. The number of ketones is 1. The largest absolute Gasteiger partial charge is 0.488 e. The molecule has 4 aromatic rings. The highest BCUT2D eigenvalue weighted by Crippen LogP contribution is 2.25. The van der Waals surface area contributed by atoms with Gasteiger partial charge < -0.3 is 9.47 Å². The second-order valence-corrected chi connectivity index (χ2v) is 7.79. The Morgan fingerprint density at radius 3 is 2.06 bits per heavy atom. The van der Waals surface area contributed by atoms with Crippen LogP contribution in [0.4, 0.5) is 0 Å². The SMILES string of the molecule is O=C(COC(=O)c1cc(Cl)ccc1OCc1ccccc1)c1ccc(-c2ccccc2)cc1. The number of halogens is 1. The number of carbonyl (C=O) groups excluding carboxylic acids is 2. The first-order chi connectivity index (χ1) is 16.1. The van der Waals surface area contributed by atoms with E-state index in [4.69, 9.17) is 21.1 Å². The second-order valence-electron chi connectivity index (χ2n) is 7.36. The lowest BCUT2D eigenvalue weighted by atomic mass is 10.0. The van der Waals surface area contributed by atoms with Gasteiger partial charge in [0.15, 0.2) is 12.4 Å². The summed E-state index contributed by atoms with van der Waals surface area (Å²) in [7, 11) is 0. The molecule has 0 radical (unpaired) electrons. The summed E-state index contributed by atoms with van der Waals surface area (Å²) in [5.41, 5.74) is 3.66. The minimum atomic E-state index is -0.671. The Balaban J connectivity index is 1.40. The zero-order chi connectivity index (χ0) is 23.0. The summed E-state index contributed by atoms with van der Waals surface area (Å²) in [5.74, 6) is -0.625. The van der Waals surface area contributed by atoms with Crippen molar-refractivity contribution in [2.75, 3.05) is 6.61 Å². The maximum Gasteiger partial charge on any atom is 0.342 e. The maximum absolute atomic E-state index is 12.7. The van der Waals surface area contributed by atoms with Gasteiger partial charge in [0, 0.05) is 10.6 Å². The maximum atomic E-state index is 12.7. The third kappa shape index (κ3) is 5.88. The molecule has 0 heterocycles. The topological polar surface area (TPSA) is 52.6 Å². The van der Waals surface area contributed by atoms with Crippen LogP contribution >= 0.6 is 11.6 Å². The molecule has 0 N–H and O–H groups in total. The zero-order valence-electron chi connectivity index (χ0n) is 17.7. The van der Waals surface area contributed by atoms with Crippen LogP contribution in [0.3, 0.4) is 0 Å². The molecule has 0 saturated heterocycles. The summed E-state index contributed by atoms with van der Waals surface area (Å²) < 4.78 is 11.1. The van der Waals surface area contributed by atoms with Crippen LogP contribution in [-0.2, 0) is 11.3 Å². The molecule has 0 aliphatic heterocycles. The molecule has 0 spiro atoms. The lowest BCUT2D eigenvalue weighted by Crippen LogP contribution is -2.15. The van der Waals surface area contributed by atoms with Crippen molar-refractivity contribution in [2.45, 2.75) is 6.61 Å². The normalized spacial score (nSPS) is 10.5. The van der Waals surface area contributed by atoms with Gasteiger partial charge in [-0.05, 0) is 34.9 Å². The first-order valence-electron chi connectivity index (χ1n) is 10.4. The van der Waals surface area contributed by atoms with E-state index in [1.807, 2.05) is 72.8 Å². The van der Waals surface area contributed by atoms with Crippen LogP contribution in [0.1, 0.15) is 26.3 Å². The average Bonchev–Trinajstić information content (AvgIpc) is 2.87. The zero-order valence-corrected chi connectivity index (χ0v) is 18.5. The van der Waals surface area contributed by atoms with E-state index in [-0.39, 0.29) is 24.6 Å². The summed E-state index contributed by atoms with van der Waals surface area (Å²) in [6.45, 7) is -0.0936. The number of hydrogen-bond donors (Lipinski definition) is 0. The summed E-state index contributed by atoms with van der Waals surface area (Å²) in [6, 6.07) is 31.4. The molecule has 0 fully saturated rings. The van der Waals surface area contributed by atoms with Crippen LogP contribution in [0.5, 0.6) is 5.75 Å². The first kappa shape index (κ1) is 22.3. The average molecular weight is 457 g/mol. The van der Waals surface area contributed by atoms with Gasteiger partial charge >= 0.3 is 5.97 Å². The Bertz CT molecular complexity index is 1240. The van der Waals surface area contributed by atoms with Gasteiger partial charge in [0.1, 0.15) is 17.9 Å². The van der Waals surface area contributed by atoms with Crippen LogP contribution in [-0.4, -0.2) is 18.4 Å². The molecule has 0 aromatic heterocycles. The molecule has 5 heteroatoms. The number of carbonyl (C=O) groups is 2. The van der Waals surface area contributed by atoms with Crippen LogP contribution < -0.4 is 4.74 Å². The predicted octanol–water partition coefficient (Wildman–Crippen LogP) is 6.63. The highest BCUT2D eigenvalue weighted by atomic mass is 35.5.